The summed E-state index contributed by atoms with van der Waals surface area (Å²) in [4.78, 5) is 0. The Morgan fingerprint density at radius 1 is 0.400 bits per heavy atom. The van der Waals surface area contributed by atoms with Crippen molar-refractivity contribution in [2.75, 3.05) is 0 Å². The number of rotatable bonds is 0. The van der Waals surface area contributed by atoms with Crippen molar-refractivity contribution < 1.29 is 0 Å². The zero-order valence-corrected chi connectivity index (χ0v) is 9.57. The molecule has 15 heavy (non-hydrogen) atoms. The summed E-state index contributed by atoms with van der Waals surface area (Å²) in [6.45, 7) is 0. The van der Waals surface area contributed by atoms with Crippen LogP contribution in [0.1, 0.15) is 44.9 Å². The first-order chi connectivity index (χ1) is 7.42. The molecule has 8 atom stereocenters. The Bertz CT molecular complexity index is 279. The van der Waals surface area contributed by atoms with E-state index in [1.807, 2.05) is 0 Å². The number of hydrogen-bond donors (Lipinski definition) is 0. The largest absolute Gasteiger partial charge is 0.0499 e. The fourth-order valence-electron chi connectivity index (χ4n) is 6.84. The fourth-order valence-corrected chi connectivity index (χ4v) is 6.84. The molecular weight excluding hydrogens is 180 g/mol. The lowest BCUT2D eigenvalue weighted by Gasteiger charge is -2.44. The van der Waals surface area contributed by atoms with Crippen LogP contribution in [0.15, 0.2) is 0 Å². The van der Waals surface area contributed by atoms with Crippen LogP contribution in [0, 0.1) is 47.3 Å². The van der Waals surface area contributed by atoms with Gasteiger partial charge in [-0.3, -0.25) is 0 Å². The van der Waals surface area contributed by atoms with Crippen LogP contribution in [-0.4, -0.2) is 0 Å². The summed E-state index contributed by atoms with van der Waals surface area (Å²) in [7, 11) is 0. The third kappa shape index (κ3) is 0.806. The molecule has 8 unspecified atom stereocenters. The van der Waals surface area contributed by atoms with Crippen molar-refractivity contribution in [1.29, 1.82) is 0 Å². The van der Waals surface area contributed by atoms with Crippen LogP contribution in [0.25, 0.3) is 0 Å². The van der Waals surface area contributed by atoms with Crippen LogP contribution < -0.4 is 0 Å². The predicted molar refractivity (Wildman–Crippen MR) is 60.2 cm³/mol. The van der Waals surface area contributed by atoms with E-state index in [0.29, 0.717) is 0 Å². The smallest absolute Gasteiger partial charge is 0.0349 e. The normalized spacial score (nSPS) is 68.8. The molecule has 0 N–H and O–H groups in total. The van der Waals surface area contributed by atoms with Crippen LogP contribution in [0.2, 0.25) is 0 Å². The standard InChI is InChI=1S/C15H22/c1-2-9-5-8(1)12-6-13(9)15-7-14(12)10-3-4-11(10)15/h8-15H,1-7H2. The van der Waals surface area contributed by atoms with Gasteiger partial charge < -0.3 is 0 Å². The quantitative estimate of drug-likeness (QED) is 0.525. The first-order valence-corrected chi connectivity index (χ1v) is 7.42. The Labute approximate surface area is 92.8 Å². The van der Waals surface area contributed by atoms with Crippen LogP contribution in [0.3, 0.4) is 0 Å². The summed E-state index contributed by atoms with van der Waals surface area (Å²) < 4.78 is 0. The zero-order chi connectivity index (χ0) is 9.57. The van der Waals surface area contributed by atoms with E-state index in [4.69, 9.17) is 0 Å². The van der Waals surface area contributed by atoms with Crippen molar-refractivity contribution in [3.63, 3.8) is 0 Å². The van der Waals surface area contributed by atoms with Gasteiger partial charge in [-0.2, -0.15) is 0 Å². The topological polar surface area (TPSA) is 0 Å². The maximum atomic E-state index is 1.68. The van der Waals surface area contributed by atoms with Crippen LogP contribution in [-0.2, 0) is 0 Å². The Morgan fingerprint density at radius 2 is 0.933 bits per heavy atom. The summed E-state index contributed by atoms with van der Waals surface area (Å²) in [6.07, 6.45) is 11.5. The van der Waals surface area contributed by atoms with Crippen molar-refractivity contribution in [3.8, 4) is 0 Å². The Hall–Kier alpha value is 0. The molecule has 0 heteroatoms. The second-order valence-corrected chi connectivity index (χ2v) is 7.37. The first kappa shape index (κ1) is 8.14. The SMILES string of the molecule is C1CC2CC1C1CC2C2CC1C1CCC21. The molecule has 0 aliphatic heterocycles. The van der Waals surface area contributed by atoms with Crippen molar-refractivity contribution in [2.45, 2.75) is 44.9 Å². The number of fused-ring (bicyclic) bond motifs is 13. The minimum Gasteiger partial charge on any atom is -0.0499 e. The molecule has 5 aliphatic rings. The van der Waals surface area contributed by atoms with Crippen LogP contribution in [0.5, 0.6) is 0 Å². The molecule has 5 rings (SSSR count). The van der Waals surface area contributed by atoms with Gasteiger partial charge >= 0.3 is 0 Å². The predicted octanol–water partition coefficient (Wildman–Crippen LogP) is 3.71. The van der Waals surface area contributed by atoms with Gasteiger partial charge in [0.25, 0.3) is 0 Å². The van der Waals surface area contributed by atoms with E-state index in [1.54, 1.807) is 44.9 Å². The fraction of sp³-hybridized carbons (Fsp3) is 1.00. The molecule has 0 amide bonds. The summed E-state index contributed by atoms with van der Waals surface area (Å²) in [5.41, 5.74) is 0. The van der Waals surface area contributed by atoms with Crippen molar-refractivity contribution in [1.82, 2.24) is 0 Å². The molecule has 0 heterocycles. The van der Waals surface area contributed by atoms with E-state index in [0.717, 1.165) is 0 Å². The van der Waals surface area contributed by atoms with E-state index in [1.165, 1.54) is 47.3 Å². The highest BCUT2D eigenvalue weighted by Gasteiger charge is 2.61. The molecule has 0 aromatic carbocycles. The Balaban J connectivity index is 1.62. The molecule has 6 bridgehead atoms. The lowest BCUT2D eigenvalue weighted by Crippen LogP contribution is -2.37. The van der Waals surface area contributed by atoms with Gasteiger partial charge in [0.1, 0.15) is 0 Å². The van der Waals surface area contributed by atoms with E-state index < -0.39 is 0 Å². The monoisotopic (exact) mass is 202 g/mol. The highest BCUT2D eigenvalue weighted by atomic mass is 14.7. The molecule has 0 aromatic heterocycles. The second kappa shape index (κ2) is 2.46. The van der Waals surface area contributed by atoms with Gasteiger partial charge in [0.15, 0.2) is 0 Å². The molecule has 0 nitrogen and oxygen atoms in total. The summed E-state index contributed by atoms with van der Waals surface area (Å²) in [5, 5.41) is 0. The second-order valence-electron chi connectivity index (χ2n) is 7.37. The molecular formula is C15H22. The molecule has 5 saturated carbocycles. The lowest BCUT2D eigenvalue weighted by atomic mass is 9.61. The van der Waals surface area contributed by atoms with E-state index in [2.05, 4.69) is 0 Å². The lowest BCUT2D eigenvalue weighted by molar-refractivity contribution is 0.0455. The third-order valence-electron chi connectivity index (χ3n) is 7.40. The molecule has 0 aromatic rings. The highest BCUT2D eigenvalue weighted by molar-refractivity contribution is 5.10. The minimum atomic E-state index is 1.19. The van der Waals surface area contributed by atoms with Crippen molar-refractivity contribution in [3.05, 3.63) is 0 Å². The number of hydrogen-bond acceptors (Lipinski definition) is 0. The van der Waals surface area contributed by atoms with Gasteiger partial charge in [-0.05, 0) is 92.3 Å². The maximum Gasteiger partial charge on any atom is -0.0349 e. The van der Waals surface area contributed by atoms with Gasteiger partial charge in [-0.25, -0.2) is 0 Å². The van der Waals surface area contributed by atoms with Crippen molar-refractivity contribution >= 4 is 0 Å². The van der Waals surface area contributed by atoms with Gasteiger partial charge in [-0.15, -0.1) is 0 Å². The van der Waals surface area contributed by atoms with Gasteiger partial charge in [-0.1, -0.05) is 0 Å². The molecule has 5 aliphatic carbocycles. The van der Waals surface area contributed by atoms with Gasteiger partial charge in [0, 0.05) is 0 Å². The van der Waals surface area contributed by atoms with E-state index in [-0.39, 0.29) is 0 Å². The minimum absolute atomic E-state index is 1.19. The zero-order valence-electron chi connectivity index (χ0n) is 9.57. The Kier molecular flexibility index (Phi) is 1.34. The summed E-state index contributed by atoms with van der Waals surface area (Å²) in [5.74, 6) is 9.69. The molecule has 0 spiro atoms. The molecule has 5 fully saturated rings. The van der Waals surface area contributed by atoms with Crippen LogP contribution >= 0.6 is 0 Å². The molecule has 82 valence electrons. The van der Waals surface area contributed by atoms with E-state index in [9.17, 15) is 0 Å². The van der Waals surface area contributed by atoms with Gasteiger partial charge in [0.05, 0.1) is 0 Å². The van der Waals surface area contributed by atoms with Gasteiger partial charge in [0.2, 0.25) is 0 Å². The average Bonchev–Trinajstić information content (AvgIpc) is 2.69. The van der Waals surface area contributed by atoms with E-state index >= 15 is 0 Å². The Morgan fingerprint density at radius 3 is 1.47 bits per heavy atom. The average molecular weight is 202 g/mol. The van der Waals surface area contributed by atoms with Crippen LogP contribution in [0.4, 0.5) is 0 Å². The molecule has 0 radical (unpaired) electrons. The first-order valence-electron chi connectivity index (χ1n) is 7.42. The highest BCUT2D eigenvalue weighted by Crippen LogP contribution is 2.69. The third-order valence-corrected chi connectivity index (χ3v) is 7.40. The summed E-state index contributed by atoms with van der Waals surface area (Å²) >= 11 is 0. The summed E-state index contributed by atoms with van der Waals surface area (Å²) in [6, 6.07) is 0. The van der Waals surface area contributed by atoms with Crippen molar-refractivity contribution in [2.24, 2.45) is 47.3 Å². The maximum absolute atomic E-state index is 1.68. The molecule has 0 saturated heterocycles.